The minimum atomic E-state index is -0.211. The molecule has 25 heavy (non-hydrogen) atoms. The van der Waals surface area contributed by atoms with Gasteiger partial charge in [-0.3, -0.25) is 14.6 Å². The Labute approximate surface area is 150 Å². The molecule has 2 aromatic carbocycles. The molecule has 2 aromatic rings. The molecule has 4 nitrogen and oxygen atoms in total. The van der Waals surface area contributed by atoms with E-state index in [9.17, 15) is 4.79 Å². The molecule has 1 aliphatic rings. The van der Waals surface area contributed by atoms with Gasteiger partial charge in [0.1, 0.15) is 6.04 Å². The number of piperazine rings is 1. The second-order valence-corrected chi connectivity index (χ2v) is 6.44. The molecule has 132 valence electrons. The predicted molar refractivity (Wildman–Crippen MR) is 99.0 cm³/mol. The monoisotopic (exact) mass is 338 g/mol. The highest BCUT2D eigenvalue weighted by atomic mass is 16.5. The van der Waals surface area contributed by atoms with Gasteiger partial charge in [0.15, 0.2) is 0 Å². The summed E-state index contributed by atoms with van der Waals surface area (Å²) in [5, 5.41) is 0. The Morgan fingerprint density at radius 1 is 0.960 bits per heavy atom. The summed E-state index contributed by atoms with van der Waals surface area (Å²) >= 11 is 0. The van der Waals surface area contributed by atoms with Gasteiger partial charge in [-0.1, -0.05) is 60.7 Å². The Bertz CT molecular complexity index is 660. The third-order valence-electron chi connectivity index (χ3n) is 4.61. The number of esters is 1. The molecule has 0 unspecified atom stereocenters. The minimum absolute atomic E-state index is 0.115. The summed E-state index contributed by atoms with van der Waals surface area (Å²) in [6.07, 6.45) is 0. The van der Waals surface area contributed by atoms with Gasteiger partial charge < -0.3 is 4.74 Å². The Morgan fingerprint density at radius 2 is 1.56 bits per heavy atom. The molecule has 1 saturated heterocycles. The molecule has 1 heterocycles. The Kier molecular flexibility index (Phi) is 6.20. The molecule has 0 aliphatic carbocycles. The van der Waals surface area contributed by atoms with Crippen molar-refractivity contribution in [3.05, 3.63) is 71.8 Å². The first-order chi connectivity index (χ1) is 12.3. The van der Waals surface area contributed by atoms with Gasteiger partial charge in [0, 0.05) is 32.7 Å². The quantitative estimate of drug-likeness (QED) is 0.758. The summed E-state index contributed by atoms with van der Waals surface area (Å²) < 4.78 is 5.34. The molecule has 0 amide bonds. The lowest BCUT2D eigenvalue weighted by atomic mass is 10.1. The van der Waals surface area contributed by atoms with E-state index in [2.05, 4.69) is 46.2 Å². The van der Waals surface area contributed by atoms with E-state index in [0.29, 0.717) is 13.2 Å². The summed E-state index contributed by atoms with van der Waals surface area (Å²) in [5.74, 6) is -0.115. The number of carbonyl (C=O) groups is 1. The van der Waals surface area contributed by atoms with Crippen molar-refractivity contribution in [3.63, 3.8) is 0 Å². The van der Waals surface area contributed by atoms with Crippen LogP contribution in [0.3, 0.4) is 0 Å². The summed E-state index contributed by atoms with van der Waals surface area (Å²) in [7, 11) is 0. The van der Waals surface area contributed by atoms with Gasteiger partial charge in [-0.05, 0) is 18.1 Å². The lowest BCUT2D eigenvalue weighted by Crippen LogP contribution is -2.56. The van der Waals surface area contributed by atoms with Crippen molar-refractivity contribution in [2.24, 2.45) is 0 Å². The third kappa shape index (κ3) is 4.91. The van der Waals surface area contributed by atoms with Crippen molar-refractivity contribution in [1.82, 2.24) is 9.80 Å². The first kappa shape index (κ1) is 17.6. The second kappa shape index (κ2) is 8.79. The van der Waals surface area contributed by atoms with Crippen LogP contribution in [0.15, 0.2) is 60.7 Å². The molecular formula is C21H26N2O2. The average molecular weight is 338 g/mol. The van der Waals surface area contributed by atoms with E-state index in [1.54, 1.807) is 0 Å². The lowest BCUT2D eigenvalue weighted by molar-refractivity contribution is -0.152. The van der Waals surface area contributed by atoms with E-state index in [4.69, 9.17) is 4.74 Å². The molecular weight excluding hydrogens is 312 g/mol. The lowest BCUT2D eigenvalue weighted by Gasteiger charge is -2.40. The first-order valence-corrected chi connectivity index (χ1v) is 8.97. The highest BCUT2D eigenvalue weighted by Crippen LogP contribution is 2.17. The smallest absolute Gasteiger partial charge is 0.324 e. The fourth-order valence-corrected chi connectivity index (χ4v) is 3.33. The maximum absolute atomic E-state index is 12.5. The molecule has 0 spiro atoms. The number of carbonyl (C=O) groups excluding carboxylic acids is 1. The number of ether oxygens (including phenoxy) is 1. The van der Waals surface area contributed by atoms with E-state index in [1.165, 1.54) is 11.1 Å². The maximum atomic E-state index is 12.5. The van der Waals surface area contributed by atoms with Crippen molar-refractivity contribution < 1.29 is 9.53 Å². The van der Waals surface area contributed by atoms with E-state index in [1.807, 2.05) is 31.2 Å². The molecule has 0 aromatic heterocycles. The van der Waals surface area contributed by atoms with Crippen molar-refractivity contribution >= 4 is 5.97 Å². The third-order valence-corrected chi connectivity index (χ3v) is 4.61. The number of benzene rings is 2. The molecule has 0 saturated carbocycles. The van der Waals surface area contributed by atoms with Crippen molar-refractivity contribution in [2.75, 3.05) is 26.2 Å². The second-order valence-electron chi connectivity index (χ2n) is 6.44. The summed E-state index contributed by atoms with van der Waals surface area (Å²) in [5.41, 5.74) is 2.51. The van der Waals surface area contributed by atoms with Crippen LogP contribution in [0.5, 0.6) is 0 Å². The van der Waals surface area contributed by atoms with Gasteiger partial charge in [0.25, 0.3) is 0 Å². The van der Waals surface area contributed by atoms with Crippen molar-refractivity contribution in [2.45, 2.75) is 26.1 Å². The van der Waals surface area contributed by atoms with Gasteiger partial charge in [-0.2, -0.15) is 0 Å². The van der Waals surface area contributed by atoms with Crippen LogP contribution >= 0.6 is 0 Å². The van der Waals surface area contributed by atoms with Crippen LogP contribution in [0.1, 0.15) is 18.1 Å². The van der Waals surface area contributed by atoms with Crippen LogP contribution in [-0.4, -0.2) is 48.1 Å². The number of hydrogen-bond acceptors (Lipinski definition) is 4. The minimum Gasteiger partial charge on any atom is -0.465 e. The molecule has 4 heteroatoms. The van der Waals surface area contributed by atoms with Crippen molar-refractivity contribution in [3.8, 4) is 0 Å². The standard InChI is InChI=1S/C21H26N2O2/c1-2-25-21(24)20-17-22(15-18-9-5-3-6-10-18)13-14-23(20)16-19-11-7-4-8-12-19/h3-12,20H,2,13-17H2,1H3/t20-/m0/s1. The number of hydrogen-bond donors (Lipinski definition) is 0. The largest absolute Gasteiger partial charge is 0.465 e. The summed E-state index contributed by atoms with van der Waals surface area (Å²) in [6, 6.07) is 20.5. The van der Waals surface area contributed by atoms with Crippen LogP contribution in [0.2, 0.25) is 0 Å². The highest BCUT2D eigenvalue weighted by Gasteiger charge is 2.33. The van der Waals surface area contributed by atoms with Crippen LogP contribution in [-0.2, 0) is 22.6 Å². The fourth-order valence-electron chi connectivity index (χ4n) is 3.33. The Balaban J connectivity index is 1.68. The summed E-state index contributed by atoms with van der Waals surface area (Å²) in [4.78, 5) is 17.1. The zero-order valence-electron chi connectivity index (χ0n) is 14.8. The van der Waals surface area contributed by atoms with Crippen LogP contribution in [0, 0.1) is 0 Å². The molecule has 1 aliphatic heterocycles. The SMILES string of the molecule is CCOC(=O)[C@@H]1CN(Cc2ccccc2)CCN1Cc1ccccc1. The Morgan fingerprint density at radius 3 is 2.16 bits per heavy atom. The van der Waals surface area contributed by atoms with Gasteiger partial charge in [0.05, 0.1) is 6.61 Å². The van der Waals surface area contributed by atoms with E-state index < -0.39 is 0 Å². The molecule has 1 atom stereocenters. The summed E-state index contributed by atoms with van der Waals surface area (Å²) in [6.45, 7) is 6.47. The fraction of sp³-hybridized carbons (Fsp3) is 0.381. The molecule has 0 bridgehead atoms. The zero-order chi connectivity index (χ0) is 17.5. The predicted octanol–water partition coefficient (Wildman–Crippen LogP) is 2.94. The van der Waals surface area contributed by atoms with E-state index in [-0.39, 0.29) is 12.0 Å². The Hall–Kier alpha value is -2.17. The number of rotatable bonds is 6. The molecule has 0 N–H and O–H groups in total. The van der Waals surface area contributed by atoms with Crippen LogP contribution in [0.25, 0.3) is 0 Å². The maximum Gasteiger partial charge on any atom is 0.324 e. The molecule has 3 rings (SSSR count). The normalized spacial score (nSPS) is 18.8. The van der Waals surface area contributed by atoms with Gasteiger partial charge in [-0.25, -0.2) is 0 Å². The van der Waals surface area contributed by atoms with Crippen molar-refractivity contribution in [1.29, 1.82) is 0 Å². The van der Waals surface area contributed by atoms with Gasteiger partial charge >= 0.3 is 5.97 Å². The zero-order valence-corrected chi connectivity index (χ0v) is 14.8. The van der Waals surface area contributed by atoms with E-state index >= 15 is 0 Å². The average Bonchev–Trinajstić information content (AvgIpc) is 2.65. The highest BCUT2D eigenvalue weighted by molar-refractivity contribution is 5.76. The van der Waals surface area contributed by atoms with Gasteiger partial charge in [0.2, 0.25) is 0 Å². The van der Waals surface area contributed by atoms with E-state index in [0.717, 1.165) is 26.2 Å². The molecule has 0 radical (unpaired) electrons. The first-order valence-electron chi connectivity index (χ1n) is 8.97. The van der Waals surface area contributed by atoms with Crippen LogP contribution in [0.4, 0.5) is 0 Å². The number of nitrogens with zero attached hydrogens (tertiary/aromatic N) is 2. The van der Waals surface area contributed by atoms with Crippen LogP contribution < -0.4 is 0 Å². The topological polar surface area (TPSA) is 32.8 Å². The molecule has 1 fully saturated rings. The van der Waals surface area contributed by atoms with Gasteiger partial charge in [-0.15, -0.1) is 0 Å².